The molecule has 0 radical (unpaired) electrons. The van der Waals surface area contributed by atoms with Gasteiger partial charge >= 0.3 is 0 Å². The number of carbonyl (C=O) groups is 1. The van der Waals surface area contributed by atoms with Crippen LogP contribution in [0.15, 0.2) is 0 Å². The number of carbonyl (C=O) groups excluding carboxylic acids is 1. The molecule has 4 bridgehead atoms. The number of aliphatic hydroxyl groups is 1. The van der Waals surface area contributed by atoms with Gasteiger partial charge in [0.2, 0.25) is 5.91 Å². The van der Waals surface area contributed by atoms with Crippen molar-refractivity contribution in [3.05, 3.63) is 0 Å². The zero-order valence-corrected chi connectivity index (χ0v) is 15.5. The number of amides is 1. The molecule has 1 amide bonds. The van der Waals surface area contributed by atoms with Crippen LogP contribution in [-0.4, -0.2) is 40.6 Å². The summed E-state index contributed by atoms with van der Waals surface area (Å²) < 4.78 is 0. The third kappa shape index (κ3) is 2.36. The van der Waals surface area contributed by atoms with Crippen molar-refractivity contribution >= 4 is 5.91 Å². The first-order valence-electron chi connectivity index (χ1n) is 10.7. The summed E-state index contributed by atoms with van der Waals surface area (Å²) >= 11 is 0. The number of hydrogen-bond acceptors (Lipinski definition) is 3. The molecule has 1 heterocycles. The monoisotopic (exact) mass is 346 g/mol. The van der Waals surface area contributed by atoms with E-state index < -0.39 is 5.54 Å². The Labute approximate surface area is 151 Å². The van der Waals surface area contributed by atoms with Crippen LogP contribution in [0.2, 0.25) is 0 Å². The van der Waals surface area contributed by atoms with E-state index in [-0.39, 0.29) is 17.4 Å². The van der Waals surface area contributed by atoms with Gasteiger partial charge in [-0.15, -0.1) is 0 Å². The minimum absolute atomic E-state index is 0.0453. The van der Waals surface area contributed by atoms with E-state index in [4.69, 9.17) is 5.73 Å². The van der Waals surface area contributed by atoms with Crippen molar-refractivity contribution in [3.63, 3.8) is 0 Å². The summed E-state index contributed by atoms with van der Waals surface area (Å²) in [4.78, 5) is 15.4. The van der Waals surface area contributed by atoms with Gasteiger partial charge in [0.25, 0.3) is 0 Å². The lowest BCUT2D eigenvalue weighted by atomic mass is 9.44. The molecule has 5 saturated carbocycles. The molecule has 1 unspecified atom stereocenters. The highest BCUT2D eigenvalue weighted by Crippen LogP contribution is 2.66. The predicted molar refractivity (Wildman–Crippen MR) is 96.7 cm³/mol. The summed E-state index contributed by atoms with van der Waals surface area (Å²) in [5.74, 6) is 2.96. The van der Waals surface area contributed by atoms with Gasteiger partial charge in [0.15, 0.2) is 0 Å². The molecule has 6 fully saturated rings. The zero-order valence-electron chi connectivity index (χ0n) is 15.5. The normalized spacial score (nSPS) is 50.0. The second kappa shape index (κ2) is 5.69. The van der Waals surface area contributed by atoms with E-state index in [2.05, 4.69) is 4.90 Å². The maximum Gasteiger partial charge on any atom is 0.238 e. The molecular weight excluding hydrogens is 312 g/mol. The van der Waals surface area contributed by atoms with E-state index in [0.717, 1.165) is 24.3 Å². The number of primary amides is 1. The van der Waals surface area contributed by atoms with Crippen molar-refractivity contribution in [2.45, 2.75) is 82.3 Å². The predicted octanol–water partition coefficient (Wildman–Crippen LogP) is 2.68. The van der Waals surface area contributed by atoms with Crippen molar-refractivity contribution in [1.82, 2.24) is 4.90 Å². The molecule has 1 saturated heterocycles. The Morgan fingerprint density at radius 1 is 1.00 bits per heavy atom. The summed E-state index contributed by atoms with van der Waals surface area (Å²) in [6, 6.07) is 0. The first-order chi connectivity index (χ1) is 12.0. The summed E-state index contributed by atoms with van der Waals surface area (Å²) in [5, 5.41) is 10.6. The van der Waals surface area contributed by atoms with Crippen molar-refractivity contribution < 1.29 is 9.90 Å². The molecule has 4 nitrogen and oxygen atoms in total. The fourth-order valence-corrected chi connectivity index (χ4v) is 8.37. The number of nitrogens with zero attached hydrogens (tertiary/aromatic N) is 1. The highest BCUT2D eigenvalue weighted by Gasteiger charge is 2.67. The SMILES string of the molecule is NC(=O)[C@]1(C23CC4CC(CC(C4)C2)C3)CC(O)CN1CC1CCCC1. The first kappa shape index (κ1) is 16.6. The largest absolute Gasteiger partial charge is 0.392 e. The van der Waals surface area contributed by atoms with Crippen LogP contribution in [0.3, 0.4) is 0 Å². The molecule has 0 spiro atoms. The van der Waals surface area contributed by atoms with Crippen molar-refractivity contribution in [2.24, 2.45) is 34.8 Å². The van der Waals surface area contributed by atoms with Gasteiger partial charge in [0, 0.05) is 19.5 Å². The lowest BCUT2D eigenvalue weighted by Gasteiger charge is -2.64. The Bertz CT molecular complexity index is 521. The third-order valence-electron chi connectivity index (χ3n) is 8.78. The van der Waals surface area contributed by atoms with Crippen molar-refractivity contribution in [1.29, 1.82) is 0 Å². The molecule has 6 rings (SSSR count). The van der Waals surface area contributed by atoms with Gasteiger partial charge in [-0.1, -0.05) is 12.8 Å². The third-order valence-corrected chi connectivity index (χ3v) is 8.78. The number of hydrogen-bond donors (Lipinski definition) is 2. The number of likely N-dealkylation sites (tertiary alicyclic amines) is 1. The van der Waals surface area contributed by atoms with E-state index >= 15 is 0 Å². The van der Waals surface area contributed by atoms with Crippen LogP contribution < -0.4 is 5.73 Å². The van der Waals surface area contributed by atoms with Gasteiger partial charge in [0.05, 0.1) is 6.10 Å². The summed E-state index contributed by atoms with van der Waals surface area (Å²) in [6.07, 6.45) is 13.1. The maximum absolute atomic E-state index is 13.0. The lowest BCUT2D eigenvalue weighted by molar-refractivity contribution is -0.164. The first-order valence-corrected chi connectivity index (χ1v) is 10.7. The fourth-order valence-electron chi connectivity index (χ4n) is 8.37. The topological polar surface area (TPSA) is 66.6 Å². The Morgan fingerprint density at radius 3 is 2.08 bits per heavy atom. The molecule has 140 valence electrons. The molecule has 0 aromatic carbocycles. The van der Waals surface area contributed by atoms with E-state index in [0.29, 0.717) is 18.9 Å². The Morgan fingerprint density at radius 2 is 1.56 bits per heavy atom. The quantitative estimate of drug-likeness (QED) is 0.822. The Hall–Kier alpha value is -0.610. The van der Waals surface area contributed by atoms with Gasteiger partial charge in [-0.3, -0.25) is 9.69 Å². The minimum Gasteiger partial charge on any atom is -0.392 e. The van der Waals surface area contributed by atoms with Crippen LogP contribution in [0.5, 0.6) is 0 Å². The van der Waals surface area contributed by atoms with Crippen LogP contribution in [0.1, 0.15) is 70.6 Å². The summed E-state index contributed by atoms with van der Waals surface area (Å²) in [7, 11) is 0. The van der Waals surface area contributed by atoms with Gasteiger partial charge in [-0.25, -0.2) is 0 Å². The molecule has 4 heteroatoms. The molecule has 5 aliphatic carbocycles. The highest BCUT2D eigenvalue weighted by atomic mass is 16.3. The fraction of sp³-hybridized carbons (Fsp3) is 0.952. The van der Waals surface area contributed by atoms with Crippen molar-refractivity contribution in [2.75, 3.05) is 13.1 Å². The molecule has 6 aliphatic rings. The molecule has 25 heavy (non-hydrogen) atoms. The molecule has 2 atom stereocenters. The minimum atomic E-state index is -0.578. The maximum atomic E-state index is 13.0. The number of β-amino-alcohol motifs (C(OH)–C–C–N with tert-alkyl or cyclic N) is 1. The van der Waals surface area contributed by atoms with Gasteiger partial charge < -0.3 is 10.8 Å². The van der Waals surface area contributed by atoms with E-state index in [9.17, 15) is 9.90 Å². The number of nitrogens with two attached hydrogens (primary N) is 1. The Balaban J connectivity index is 1.52. The molecule has 0 aromatic heterocycles. The molecule has 1 aliphatic heterocycles. The molecular formula is C21H34N2O2. The molecule has 3 N–H and O–H groups in total. The van der Waals surface area contributed by atoms with Crippen LogP contribution in [0, 0.1) is 29.1 Å². The van der Waals surface area contributed by atoms with Crippen LogP contribution >= 0.6 is 0 Å². The second-order valence-electron chi connectivity index (χ2n) is 10.3. The second-order valence-corrected chi connectivity index (χ2v) is 10.3. The van der Waals surface area contributed by atoms with E-state index in [1.165, 1.54) is 64.2 Å². The number of rotatable bonds is 4. The lowest BCUT2D eigenvalue weighted by Crippen LogP contribution is -2.69. The van der Waals surface area contributed by atoms with Gasteiger partial charge in [0.1, 0.15) is 5.54 Å². The van der Waals surface area contributed by atoms with E-state index in [1.807, 2.05) is 0 Å². The van der Waals surface area contributed by atoms with Crippen LogP contribution in [0.25, 0.3) is 0 Å². The highest BCUT2D eigenvalue weighted by molar-refractivity contribution is 5.86. The van der Waals surface area contributed by atoms with Gasteiger partial charge in [-0.05, 0) is 80.5 Å². The average molecular weight is 347 g/mol. The standard InChI is InChI=1S/C21H34N2O2/c22-19(25)21(11-18(24)13-23(21)12-14-3-1-2-4-14)20-8-15-5-16(9-20)7-17(6-15)10-20/h14-18,24H,1-13H2,(H2,22,25)/t15?,16?,17?,18?,20?,21-/m0/s1. The number of aliphatic hydroxyl groups excluding tert-OH is 1. The summed E-state index contributed by atoms with van der Waals surface area (Å²) in [6.45, 7) is 1.63. The van der Waals surface area contributed by atoms with Gasteiger partial charge in [-0.2, -0.15) is 0 Å². The molecule has 0 aromatic rings. The zero-order chi connectivity index (χ0) is 17.2. The Kier molecular flexibility index (Phi) is 3.77. The van der Waals surface area contributed by atoms with Crippen LogP contribution in [-0.2, 0) is 4.79 Å². The van der Waals surface area contributed by atoms with E-state index in [1.54, 1.807) is 0 Å². The smallest absolute Gasteiger partial charge is 0.238 e. The van der Waals surface area contributed by atoms with Crippen LogP contribution in [0.4, 0.5) is 0 Å². The average Bonchev–Trinajstić information content (AvgIpc) is 3.14. The van der Waals surface area contributed by atoms with Crippen molar-refractivity contribution in [3.8, 4) is 0 Å². The summed E-state index contributed by atoms with van der Waals surface area (Å²) in [5.41, 5.74) is 5.66.